The predicted molar refractivity (Wildman–Crippen MR) is 111 cm³/mol. The van der Waals surface area contributed by atoms with Crippen molar-refractivity contribution in [3.8, 4) is 0 Å². The molecule has 0 N–H and O–H groups in total. The third-order valence-corrected chi connectivity index (χ3v) is 5.94. The van der Waals surface area contributed by atoms with E-state index in [0.717, 1.165) is 51.0 Å². The molecule has 0 bridgehead atoms. The van der Waals surface area contributed by atoms with Crippen LogP contribution < -0.4 is 14.7 Å². The molecule has 1 aromatic carbocycles. The lowest BCUT2D eigenvalue weighted by molar-refractivity contribution is 0.640. The van der Waals surface area contributed by atoms with E-state index in [4.69, 9.17) is 4.98 Å². The van der Waals surface area contributed by atoms with Gasteiger partial charge in [-0.1, -0.05) is 25.0 Å². The average Bonchev–Trinajstić information content (AvgIpc) is 3.00. The standard InChI is InChI=1S/C21H30N6/c1-17-8-7-9-19(18(17)2)25-12-14-26(15-13-25)20-16-22-24-21(23-20)27-10-5-3-4-6-11-27/h7-9,16H,3-6,10-15H2,1-2H3. The summed E-state index contributed by atoms with van der Waals surface area (Å²) in [6, 6.07) is 6.58. The SMILES string of the molecule is Cc1cccc(N2CCN(c3cnnc(N4CCCCCC4)n3)CC2)c1C. The van der Waals surface area contributed by atoms with Gasteiger partial charge in [-0.25, -0.2) is 0 Å². The Morgan fingerprint density at radius 2 is 1.48 bits per heavy atom. The van der Waals surface area contributed by atoms with E-state index in [-0.39, 0.29) is 0 Å². The molecule has 3 heterocycles. The largest absolute Gasteiger partial charge is 0.368 e. The highest BCUT2D eigenvalue weighted by molar-refractivity contribution is 5.57. The maximum Gasteiger partial charge on any atom is 0.247 e. The normalized spacial score (nSPS) is 18.5. The predicted octanol–water partition coefficient (Wildman–Crippen LogP) is 3.20. The van der Waals surface area contributed by atoms with Crippen molar-refractivity contribution < 1.29 is 0 Å². The Kier molecular flexibility index (Phi) is 5.41. The molecule has 6 heteroatoms. The van der Waals surface area contributed by atoms with Gasteiger partial charge in [0, 0.05) is 45.0 Å². The minimum atomic E-state index is 0.798. The van der Waals surface area contributed by atoms with Gasteiger partial charge in [-0.05, 0) is 43.9 Å². The molecule has 6 nitrogen and oxygen atoms in total. The van der Waals surface area contributed by atoms with Gasteiger partial charge in [-0.3, -0.25) is 0 Å². The molecule has 2 aromatic rings. The zero-order chi connectivity index (χ0) is 18.6. The minimum Gasteiger partial charge on any atom is -0.368 e. The number of rotatable bonds is 3. The van der Waals surface area contributed by atoms with Gasteiger partial charge >= 0.3 is 0 Å². The second-order valence-corrected chi connectivity index (χ2v) is 7.71. The molecule has 0 unspecified atom stereocenters. The average molecular weight is 367 g/mol. The summed E-state index contributed by atoms with van der Waals surface area (Å²) in [5.74, 6) is 1.76. The fraction of sp³-hybridized carbons (Fsp3) is 0.571. The number of benzene rings is 1. The molecule has 0 amide bonds. The molecule has 1 aromatic heterocycles. The van der Waals surface area contributed by atoms with E-state index in [2.05, 4.69) is 56.9 Å². The first-order chi connectivity index (χ1) is 13.2. The van der Waals surface area contributed by atoms with Crippen LogP contribution in [0.5, 0.6) is 0 Å². The molecule has 0 atom stereocenters. The monoisotopic (exact) mass is 366 g/mol. The van der Waals surface area contributed by atoms with E-state index in [1.165, 1.54) is 42.5 Å². The first kappa shape index (κ1) is 18.0. The highest BCUT2D eigenvalue weighted by Crippen LogP contribution is 2.25. The summed E-state index contributed by atoms with van der Waals surface area (Å²) in [5.41, 5.74) is 4.11. The molecule has 2 aliphatic heterocycles. The third-order valence-electron chi connectivity index (χ3n) is 5.94. The van der Waals surface area contributed by atoms with Crippen LogP contribution in [0.25, 0.3) is 0 Å². The van der Waals surface area contributed by atoms with Gasteiger partial charge in [0.2, 0.25) is 5.95 Å². The Morgan fingerprint density at radius 3 is 2.22 bits per heavy atom. The smallest absolute Gasteiger partial charge is 0.247 e. The van der Waals surface area contributed by atoms with Crippen molar-refractivity contribution in [3.05, 3.63) is 35.5 Å². The molecule has 2 saturated heterocycles. The van der Waals surface area contributed by atoms with E-state index in [0.29, 0.717) is 0 Å². The van der Waals surface area contributed by atoms with Crippen molar-refractivity contribution in [2.24, 2.45) is 0 Å². The maximum absolute atomic E-state index is 4.85. The molecule has 2 fully saturated rings. The topological polar surface area (TPSA) is 48.4 Å². The summed E-state index contributed by atoms with van der Waals surface area (Å²) in [4.78, 5) is 12.0. The number of nitrogens with zero attached hydrogens (tertiary/aromatic N) is 6. The van der Waals surface area contributed by atoms with Crippen LogP contribution in [-0.2, 0) is 0 Å². The summed E-state index contributed by atoms with van der Waals surface area (Å²) < 4.78 is 0. The molecule has 27 heavy (non-hydrogen) atoms. The molecular weight excluding hydrogens is 336 g/mol. The summed E-state index contributed by atoms with van der Waals surface area (Å²) in [6.07, 6.45) is 6.88. The van der Waals surface area contributed by atoms with Gasteiger partial charge in [0.1, 0.15) is 0 Å². The molecule has 0 radical (unpaired) electrons. The maximum atomic E-state index is 4.85. The lowest BCUT2D eigenvalue weighted by atomic mass is 10.1. The second-order valence-electron chi connectivity index (χ2n) is 7.71. The first-order valence-electron chi connectivity index (χ1n) is 10.2. The number of piperazine rings is 1. The summed E-state index contributed by atoms with van der Waals surface area (Å²) in [7, 11) is 0. The van der Waals surface area contributed by atoms with Crippen molar-refractivity contribution in [3.63, 3.8) is 0 Å². The second kappa shape index (κ2) is 8.11. The third kappa shape index (κ3) is 3.99. The highest BCUT2D eigenvalue weighted by Gasteiger charge is 2.21. The van der Waals surface area contributed by atoms with Crippen LogP contribution in [0.1, 0.15) is 36.8 Å². The van der Waals surface area contributed by atoms with Crippen LogP contribution >= 0.6 is 0 Å². The quantitative estimate of drug-likeness (QED) is 0.831. The van der Waals surface area contributed by atoms with Gasteiger partial charge in [-0.15, -0.1) is 5.10 Å². The van der Waals surface area contributed by atoms with Gasteiger partial charge < -0.3 is 14.7 Å². The van der Waals surface area contributed by atoms with Crippen molar-refractivity contribution in [2.75, 3.05) is 54.0 Å². The molecule has 2 aliphatic rings. The fourth-order valence-electron chi connectivity index (χ4n) is 4.10. The van der Waals surface area contributed by atoms with Gasteiger partial charge in [0.05, 0.1) is 6.20 Å². The number of hydrogen-bond acceptors (Lipinski definition) is 6. The summed E-state index contributed by atoms with van der Waals surface area (Å²) in [5, 5.41) is 8.57. The van der Waals surface area contributed by atoms with Gasteiger partial charge in [-0.2, -0.15) is 10.1 Å². The Labute approximate surface area is 162 Å². The van der Waals surface area contributed by atoms with Crippen LogP contribution in [-0.4, -0.2) is 54.4 Å². The van der Waals surface area contributed by atoms with E-state index >= 15 is 0 Å². The molecule has 0 saturated carbocycles. The molecule has 0 aliphatic carbocycles. The van der Waals surface area contributed by atoms with Crippen LogP contribution in [0.3, 0.4) is 0 Å². The fourth-order valence-corrected chi connectivity index (χ4v) is 4.10. The van der Waals surface area contributed by atoms with Crippen LogP contribution in [0.15, 0.2) is 24.4 Å². The van der Waals surface area contributed by atoms with E-state index < -0.39 is 0 Å². The van der Waals surface area contributed by atoms with Crippen molar-refractivity contribution in [2.45, 2.75) is 39.5 Å². The van der Waals surface area contributed by atoms with Crippen LogP contribution in [0.2, 0.25) is 0 Å². The van der Waals surface area contributed by atoms with Gasteiger partial charge in [0.15, 0.2) is 5.82 Å². The molecular formula is C21H30N6. The van der Waals surface area contributed by atoms with E-state index in [9.17, 15) is 0 Å². The minimum absolute atomic E-state index is 0.798. The van der Waals surface area contributed by atoms with E-state index in [1.807, 2.05) is 6.20 Å². The molecule has 144 valence electrons. The molecule has 4 rings (SSSR count). The number of aromatic nitrogens is 3. The molecule has 0 spiro atoms. The zero-order valence-electron chi connectivity index (χ0n) is 16.6. The highest BCUT2D eigenvalue weighted by atomic mass is 15.4. The van der Waals surface area contributed by atoms with Crippen LogP contribution in [0, 0.1) is 13.8 Å². The Morgan fingerprint density at radius 1 is 0.778 bits per heavy atom. The summed E-state index contributed by atoms with van der Waals surface area (Å²) in [6.45, 7) is 10.4. The first-order valence-corrected chi connectivity index (χ1v) is 10.2. The van der Waals surface area contributed by atoms with Crippen molar-refractivity contribution in [1.82, 2.24) is 15.2 Å². The van der Waals surface area contributed by atoms with Crippen LogP contribution in [0.4, 0.5) is 17.5 Å². The Bertz CT molecular complexity index is 761. The number of hydrogen-bond donors (Lipinski definition) is 0. The summed E-state index contributed by atoms with van der Waals surface area (Å²) >= 11 is 0. The van der Waals surface area contributed by atoms with Gasteiger partial charge in [0.25, 0.3) is 0 Å². The Hall–Kier alpha value is -2.37. The van der Waals surface area contributed by atoms with E-state index in [1.54, 1.807) is 0 Å². The van der Waals surface area contributed by atoms with Crippen molar-refractivity contribution in [1.29, 1.82) is 0 Å². The zero-order valence-corrected chi connectivity index (χ0v) is 16.6. The van der Waals surface area contributed by atoms with Crippen molar-refractivity contribution >= 4 is 17.5 Å². The number of aryl methyl sites for hydroxylation is 1. The number of anilines is 3. The lowest BCUT2D eigenvalue weighted by Crippen LogP contribution is -2.47. The lowest BCUT2D eigenvalue weighted by Gasteiger charge is -2.37. The Balaban J connectivity index is 1.43.